The number of rotatable bonds is 4. The third-order valence-electron chi connectivity index (χ3n) is 5.20. The van der Waals surface area contributed by atoms with E-state index in [2.05, 4.69) is 10.0 Å². The average molecular weight is 425 g/mol. The van der Waals surface area contributed by atoms with Crippen molar-refractivity contribution in [3.8, 4) is 0 Å². The molecule has 0 unspecified atom stereocenters. The van der Waals surface area contributed by atoms with Crippen LogP contribution < -0.4 is 10.0 Å². The van der Waals surface area contributed by atoms with Crippen molar-refractivity contribution in [3.05, 3.63) is 52.3 Å². The van der Waals surface area contributed by atoms with Crippen molar-refractivity contribution in [1.82, 2.24) is 0 Å². The minimum absolute atomic E-state index is 0.0404. The quantitative estimate of drug-likeness (QED) is 0.696. The van der Waals surface area contributed by atoms with Crippen molar-refractivity contribution >= 4 is 44.9 Å². The Labute approximate surface area is 164 Å². The van der Waals surface area contributed by atoms with Crippen LogP contribution in [0, 0.1) is 5.82 Å². The van der Waals surface area contributed by atoms with Crippen LogP contribution in [0.3, 0.4) is 0 Å². The smallest absolute Gasteiger partial charge is 0.337 e. The molecule has 7 nitrogen and oxygen atoms in total. The average Bonchev–Trinajstić information content (AvgIpc) is 2.84. The number of carbonyl (C=O) groups excluding carboxylic acids is 1. The van der Waals surface area contributed by atoms with Crippen molar-refractivity contribution in [2.45, 2.75) is 29.6 Å². The number of hydrogen-bond acceptors (Lipinski definition) is 4. The number of nitrogens with one attached hydrogen (secondary N) is 2. The lowest BCUT2D eigenvalue weighted by Crippen LogP contribution is -2.40. The summed E-state index contributed by atoms with van der Waals surface area (Å²) in [7, 11) is -4.34. The van der Waals surface area contributed by atoms with Crippen LogP contribution in [0.5, 0.6) is 0 Å². The van der Waals surface area contributed by atoms with Gasteiger partial charge in [-0.2, -0.15) is 0 Å². The molecule has 1 aliphatic carbocycles. The summed E-state index contributed by atoms with van der Waals surface area (Å²) in [5.41, 5.74) is -0.514. The summed E-state index contributed by atoms with van der Waals surface area (Å²) < 4.78 is 41.5. The summed E-state index contributed by atoms with van der Waals surface area (Å²) in [5, 5.41) is 12.2. The number of benzene rings is 2. The van der Waals surface area contributed by atoms with Crippen LogP contribution in [-0.2, 0) is 20.2 Å². The van der Waals surface area contributed by atoms with Gasteiger partial charge in [0.2, 0.25) is 5.91 Å². The molecule has 1 spiro atoms. The summed E-state index contributed by atoms with van der Waals surface area (Å²) in [5.74, 6) is -2.64. The summed E-state index contributed by atoms with van der Waals surface area (Å²) >= 11 is 5.65. The molecule has 3 N–H and O–H groups in total. The standard InChI is InChI=1S/C18H14ClFN2O5S/c19-9-2-3-14(13(20)6-9)28(26,27)22-10-7-11(16(23)24)15-12(8-10)18(4-1-5-18)17(25)21-15/h2-3,6-8,22H,1,4-5H2,(H,21,25)(H,23,24). The van der Waals surface area contributed by atoms with Crippen LogP contribution in [-0.4, -0.2) is 25.4 Å². The summed E-state index contributed by atoms with van der Waals surface area (Å²) in [6, 6.07) is 5.66. The Kier molecular flexibility index (Phi) is 4.13. The molecular weight excluding hydrogens is 411 g/mol. The molecule has 1 aliphatic heterocycles. The number of anilines is 2. The van der Waals surface area contributed by atoms with E-state index in [1.54, 1.807) is 0 Å². The van der Waals surface area contributed by atoms with Crippen molar-refractivity contribution in [2.75, 3.05) is 10.0 Å². The molecule has 1 amide bonds. The molecule has 0 atom stereocenters. The number of carbonyl (C=O) groups is 2. The number of hydrogen-bond donors (Lipinski definition) is 3. The fourth-order valence-corrected chi connectivity index (χ4v) is 4.93. The zero-order chi connectivity index (χ0) is 20.3. The fraction of sp³-hybridized carbons (Fsp3) is 0.222. The highest BCUT2D eigenvalue weighted by atomic mass is 35.5. The Morgan fingerprint density at radius 3 is 2.54 bits per heavy atom. The van der Waals surface area contributed by atoms with Crippen LogP contribution in [0.15, 0.2) is 35.2 Å². The molecule has 4 rings (SSSR count). The molecule has 1 saturated carbocycles. The number of carboxylic acids is 1. The largest absolute Gasteiger partial charge is 0.478 e. The van der Waals surface area contributed by atoms with Gasteiger partial charge < -0.3 is 10.4 Å². The summed E-state index contributed by atoms with van der Waals surface area (Å²) in [6.45, 7) is 0. The maximum atomic E-state index is 14.1. The second kappa shape index (κ2) is 6.18. The number of carboxylic acid groups (broad SMARTS) is 1. The first kappa shape index (κ1) is 18.7. The molecule has 0 bridgehead atoms. The SMILES string of the molecule is O=C(O)c1cc(NS(=O)(=O)c2ccc(Cl)cc2F)cc2c1NC(=O)C21CCC1. The first-order valence-corrected chi connectivity index (χ1v) is 10.2. The van der Waals surface area contributed by atoms with E-state index >= 15 is 0 Å². The zero-order valence-corrected chi connectivity index (χ0v) is 15.8. The van der Waals surface area contributed by atoms with Gasteiger partial charge in [0.1, 0.15) is 10.7 Å². The number of amides is 1. The van der Waals surface area contributed by atoms with E-state index in [1.807, 2.05) is 0 Å². The Morgan fingerprint density at radius 1 is 1.25 bits per heavy atom. The lowest BCUT2D eigenvalue weighted by atomic mass is 9.65. The monoisotopic (exact) mass is 424 g/mol. The van der Waals surface area contributed by atoms with E-state index in [0.29, 0.717) is 18.4 Å². The van der Waals surface area contributed by atoms with Crippen molar-refractivity contribution in [2.24, 2.45) is 0 Å². The van der Waals surface area contributed by atoms with Crippen LogP contribution in [0.4, 0.5) is 15.8 Å². The summed E-state index contributed by atoms with van der Waals surface area (Å²) in [4.78, 5) is 23.4. The molecule has 2 aliphatic rings. The van der Waals surface area contributed by atoms with Gasteiger partial charge in [-0.05, 0) is 48.7 Å². The third-order valence-corrected chi connectivity index (χ3v) is 6.85. The van der Waals surface area contributed by atoms with Gasteiger partial charge >= 0.3 is 5.97 Å². The highest BCUT2D eigenvalue weighted by Gasteiger charge is 2.52. The zero-order valence-electron chi connectivity index (χ0n) is 14.3. The minimum Gasteiger partial charge on any atom is -0.478 e. The number of halogens is 2. The highest BCUT2D eigenvalue weighted by molar-refractivity contribution is 7.92. The normalized spacial score (nSPS) is 17.0. The highest BCUT2D eigenvalue weighted by Crippen LogP contribution is 2.52. The number of sulfonamides is 1. The second-order valence-corrected chi connectivity index (χ2v) is 8.91. The molecule has 10 heteroatoms. The van der Waals surface area contributed by atoms with Crippen LogP contribution in [0.2, 0.25) is 5.02 Å². The van der Waals surface area contributed by atoms with Crippen molar-refractivity contribution in [3.63, 3.8) is 0 Å². The maximum Gasteiger partial charge on any atom is 0.337 e. The van der Waals surface area contributed by atoms with E-state index in [1.165, 1.54) is 12.1 Å². The van der Waals surface area contributed by atoms with Gasteiger partial charge in [0, 0.05) is 5.02 Å². The molecule has 0 radical (unpaired) electrons. The van der Waals surface area contributed by atoms with Crippen molar-refractivity contribution < 1.29 is 27.5 Å². The van der Waals surface area contributed by atoms with Crippen molar-refractivity contribution in [1.29, 1.82) is 0 Å². The lowest BCUT2D eigenvalue weighted by molar-refractivity contribution is -0.123. The Morgan fingerprint density at radius 2 is 1.96 bits per heavy atom. The minimum atomic E-state index is -4.34. The molecule has 28 heavy (non-hydrogen) atoms. The first-order valence-electron chi connectivity index (χ1n) is 8.35. The van der Waals surface area contributed by atoms with Gasteiger partial charge in [-0.25, -0.2) is 17.6 Å². The molecule has 0 aromatic heterocycles. The molecular formula is C18H14ClFN2O5S. The predicted octanol–water partition coefficient (Wildman–Crippen LogP) is 3.35. The van der Waals surface area contributed by atoms with Gasteiger partial charge in [-0.3, -0.25) is 9.52 Å². The van der Waals surface area contributed by atoms with E-state index in [0.717, 1.165) is 24.6 Å². The van der Waals surface area contributed by atoms with Crippen LogP contribution in [0.1, 0.15) is 35.2 Å². The van der Waals surface area contributed by atoms with Gasteiger partial charge in [0.05, 0.1) is 22.4 Å². The molecule has 2 aromatic carbocycles. The Balaban J connectivity index is 1.80. The molecule has 2 aromatic rings. The van der Waals surface area contributed by atoms with Gasteiger partial charge in [0.25, 0.3) is 10.0 Å². The number of aromatic carboxylic acids is 1. The van der Waals surface area contributed by atoms with E-state index in [-0.39, 0.29) is 27.9 Å². The Bertz CT molecular complexity index is 1140. The van der Waals surface area contributed by atoms with E-state index < -0.39 is 32.1 Å². The topological polar surface area (TPSA) is 113 Å². The van der Waals surface area contributed by atoms with Crippen LogP contribution >= 0.6 is 11.6 Å². The second-order valence-electron chi connectivity index (χ2n) is 6.82. The third kappa shape index (κ3) is 2.73. The van der Waals surface area contributed by atoms with Gasteiger partial charge in [0.15, 0.2) is 0 Å². The molecule has 146 valence electrons. The van der Waals surface area contributed by atoms with Crippen LogP contribution in [0.25, 0.3) is 0 Å². The fourth-order valence-electron chi connectivity index (χ4n) is 3.67. The Hall–Kier alpha value is -2.65. The van der Waals surface area contributed by atoms with Gasteiger partial charge in [-0.1, -0.05) is 18.0 Å². The predicted molar refractivity (Wildman–Crippen MR) is 99.8 cm³/mol. The van der Waals surface area contributed by atoms with E-state index in [9.17, 15) is 27.5 Å². The lowest BCUT2D eigenvalue weighted by Gasteiger charge is -2.36. The maximum absolute atomic E-state index is 14.1. The molecule has 0 saturated heterocycles. The van der Waals surface area contributed by atoms with E-state index in [4.69, 9.17) is 11.6 Å². The summed E-state index contributed by atoms with van der Waals surface area (Å²) in [6.07, 6.45) is 1.90. The number of fused-ring (bicyclic) bond motifs is 2. The van der Waals surface area contributed by atoms with Gasteiger partial charge in [-0.15, -0.1) is 0 Å². The molecule has 1 fully saturated rings. The molecule has 1 heterocycles. The first-order chi connectivity index (χ1) is 13.1.